The maximum Gasteiger partial charge on any atom is 0.282 e. The molecule has 19 heavy (non-hydrogen) atoms. The monoisotopic (exact) mass is 281 g/mol. The van der Waals surface area contributed by atoms with Crippen molar-refractivity contribution in [1.29, 1.82) is 0 Å². The predicted octanol–water partition coefficient (Wildman–Crippen LogP) is 1.98. The lowest BCUT2D eigenvalue weighted by Gasteiger charge is -2.31. The summed E-state index contributed by atoms with van der Waals surface area (Å²) >= 11 is 5.83. The maximum atomic E-state index is 12.2. The first-order valence-corrected chi connectivity index (χ1v) is 7.35. The highest BCUT2D eigenvalue weighted by Crippen LogP contribution is 2.13. The van der Waals surface area contributed by atoms with Gasteiger partial charge in [0.25, 0.3) is 5.91 Å². The summed E-state index contributed by atoms with van der Waals surface area (Å²) in [6.45, 7) is 6.48. The van der Waals surface area contributed by atoms with Gasteiger partial charge in [-0.3, -0.25) is 4.79 Å². The molecule has 104 valence electrons. The molecule has 1 saturated heterocycles. The van der Waals surface area contributed by atoms with Crippen LogP contribution in [-0.2, 0) is 4.79 Å². The number of piperidine rings is 1. The second-order valence-electron chi connectivity index (χ2n) is 5.56. The molecule has 0 aromatic heterocycles. The van der Waals surface area contributed by atoms with E-state index < -0.39 is 0 Å². The molecule has 0 spiro atoms. The van der Waals surface area contributed by atoms with Crippen LogP contribution in [0.5, 0.6) is 0 Å². The fraction of sp³-hybridized carbons (Fsp3) is 0.533. The number of likely N-dealkylation sites (tertiary alicyclic amines) is 1. The van der Waals surface area contributed by atoms with Gasteiger partial charge in [-0.2, -0.15) is 0 Å². The van der Waals surface area contributed by atoms with E-state index in [4.69, 9.17) is 11.6 Å². The van der Waals surface area contributed by atoms with Crippen molar-refractivity contribution in [2.75, 3.05) is 18.4 Å². The van der Waals surface area contributed by atoms with Gasteiger partial charge in [-0.15, -0.1) is 0 Å². The van der Waals surface area contributed by atoms with Gasteiger partial charge in [-0.25, -0.2) is 0 Å². The summed E-state index contributed by atoms with van der Waals surface area (Å²) in [7, 11) is 0. The summed E-state index contributed by atoms with van der Waals surface area (Å²) in [5.74, 6) is 0.891. The van der Waals surface area contributed by atoms with Crippen molar-refractivity contribution < 1.29 is 9.69 Å². The molecule has 0 radical (unpaired) electrons. The maximum absolute atomic E-state index is 12.2. The first-order valence-electron chi connectivity index (χ1n) is 6.97. The third kappa shape index (κ3) is 3.95. The molecule has 2 rings (SSSR count). The Bertz CT molecular complexity index is 424. The number of hydrogen-bond donors (Lipinski definition) is 2. The van der Waals surface area contributed by atoms with Crippen LogP contribution >= 0.6 is 11.6 Å². The minimum absolute atomic E-state index is 0.00294. The van der Waals surface area contributed by atoms with Crippen molar-refractivity contribution in [2.24, 2.45) is 5.92 Å². The Balaban J connectivity index is 1.90. The van der Waals surface area contributed by atoms with Crippen LogP contribution in [0.4, 0.5) is 5.69 Å². The van der Waals surface area contributed by atoms with Crippen LogP contribution in [-0.4, -0.2) is 25.0 Å². The first kappa shape index (κ1) is 14.4. The summed E-state index contributed by atoms with van der Waals surface area (Å²) in [5, 5.41) is 3.64. The smallest absolute Gasteiger partial charge is 0.282 e. The highest BCUT2D eigenvalue weighted by Gasteiger charge is 2.28. The van der Waals surface area contributed by atoms with Gasteiger partial charge in [0.05, 0.1) is 13.1 Å². The van der Waals surface area contributed by atoms with Gasteiger partial charge in [0.2, 0.25) is 0 Å². The quantitative estimate of drug-likeness (QED) is 0.873. The lowest BCUT2D eigenvalue weighted by atomic mass is 9.98. The van der Waals surface area contributed by atoms with Crippen molar-refractivity contribution in [2.45, 2.75) is 32.7 Å². The second-order valence-corrected chi connectivity index (χ2v) is 6.00. The van der Waals surface area contributed by atoms with Crippen LogP contribution in [0.1, 0.15) is 26.7 Å². The molecule has 0 saturated carbocycles. The number of rotatable bonds is 3. The van der Waals surface area contributed by atoms with Crippen LogP contribution in [0.15, 0.2) is 24.3 Å². The van der Waals surface area contributed by atoms with Crippen LogP contribution < -0.4 is 10.2 Å². The predicted molar refractivity (Wildman–Crippen MR) is 78.6 cm³/mol. The van der Waals surface area contributed by atoms with Crippen molar-refractivity contribution in [1.82, 2.24) is 0 Å². The number of nitrogens with one attached hydrogen (secondary N) is 2. The van der Waals surface area contributed by atoms with Crippen molar-refractivity contribution in [3.8, 4) is 0 Å². The number of carbonyl (C=O) groups is 1. The molecule has 1 amide bonds. The molecule has 1 aliphatic rings. The lowest BCUT2D eigenvalue weighted by molar-refractivity contribution is -0.919. The molecule has 3 nitrogen and oxygen atoms in total. The topological polar surface area (TPSA) is 33.5 Å². The molecule has 2 N–H and O–H groups in total. The molecule has 0 bridgehead atoms. The van der Waals surface area contributed by atoms with E-state index in [9.17, 15) is 4.79 Å². The molecule has 0 aliphatic carbocycles. The summed E-state index contributed by atoms with van der Waals surface area (Å²) in [6, 6.07) is 7.25. The van der Waals surface area contributed by atoms with Crippen LogP contribution in [0, 0.1) is 5.92 Å². The molecule has 0 unspecified atom stereocenters. The normalized spacial score (nSPS) is 24.8. The number of benzene rings is 1. The number of carbonyl (C=O) groups excluding carboxylic acids is 1. The minimum atomic E-state index is 0.00294. The third-order valence-corrected chi connectivity index (χ3v) is 4.29. The molecule has 4 heteroatoms. The van der Waals surface area contributed by atoms with Crippen molar-refractivity contribution in [3.05, 3.63) is 29.3 Å². The van der Waals surface area contributed by atoms with Gasteiger partial charge >= 0.3 is 0 Å². The van der Waals surface area contributed by atoms with E-state index in [2.05, 4.69) is 12.2 Å². The summed E-state index contributed by atoms with van der Waals surface area (Å²) in [6.07, 6.45) is 2.43. The van der Waals surface area contributed by atoms with Crippen molar-refractivity contribution in [3.63, 3.8) is 0 Å². The highest BCUT2D eigenvalue weighted by atomic mass is 35.5. The number of halogens is 1. The lowest BCUT2D eigenvalue weighted by Crippen LogP contribution is -3.17. The van der Waals surface area contributed by atoms with Gasteiger partial charge in [-0.05, 0) is 49.9 Å². The zero-order valence-corrected chi connectivity index (χ0v) is 12.3. The molecule has 1 fully saturated rings. The fourth-order valence-corrected chi connectivity index (χ4v) is 2.66. The van der Waals surface area contributed by atoms with Crippen LogP contribution in [0.2, 0.25) is 5.02 Å². The number of anilines is 1. The summed E-state index contributed by atoms with van der Waals surface area (Å²) in [5.41, 5.74) is 0.811. The Morgan fingerprint density at radius 3 is 2.47 bits per heavy atom. The summed E-state index contributed by atoms with van der Waals surface area (Å²) in [4.78, 5) is 13.6. The van der Waals surface area contributed by atoms with E-state index in [1.165, 1.54) is 17.7 Å². The largest absolute Gasteiger partial charge is 0.325 e. The molecule has 1 aromatic carbocycles. The van der Waals surface area contributed by atoms with E-state index in [0.29, 0.717) is 5.02 Å². The SMILES string of the molecule is CC1CC[NH+]([C@H](C)C(=O)Nc2ccc(Cl)cc2)CC1. The minimum Gasteiger partial charge on any atom is -0.325 e. The number of quaternary nitrogens is 1. The van der Waals surface area contributed by atoms with E-state index >= 15 is 0 Å². The highest BCUT2D eigenvalue weighted by molar-refractivity contribution is 6.30. The molecular formula is C15H22ClN2O+. The molecular weight excluding hydrogens is 260 g/mol. The summed E-state index contributed by atoms with van der Waals surface area (Å²) < 4.78 is 0. The standard InChI is InChI=1S/C15H21ClN2O/c1-11-7-9-18(10-8-11)12(2)15(19)17-14-5-3-13(16)4-6-14/h3-6,11-12H,7-10H2,1-2H3,(H,17,19)/p+1/t12-/m1/s1. The average molecular weight is 282 g/mol. The Labute approximate surface area is 119 Å². The Morgan fingerprint density at radius 2 is 1.89 bits per heavy atom. The Kier molecular flexibility index (Phi) is 4.83. The van der Waals surface area contributed by atoms with E-state index in [1.807, 2.05) is 19.1 Å². The zero-order chi connectivity index (χ0) is 13.8. The molecule has 1 aromatic rings. The molecule has 1 atom stereocenters. The molecule has 1 aliphatic heterocycles. The van der Waals surface area contributed by atoms with Crippen LogP contribution in [0.3, 0.4) is 0 Å². The van der Waals surface area contributed by atoms with Gasteiger partial charge in [0.1, 0.15) is 0 Å². The second kappa shape index (κ2) is 6.40. The van der Waals surface area contributed by atoms with E-state index in [0.717, 1.165) is 24.7 Å². The molecule has 1 heterocycles. The fourth-order valence-electron chi connectivity index (χ4n) is 2.54. The van der Waals surface area contributed by atoms with Gasteiger partial charge < -0.3 is 10.2 Å². The van der Waals surface area contributed by atoms with Gasteiger partial charge in [0.15, 0.2) is 6.04 Å². The first-order chi connectivity index (χ1) is 9.06. The van der Waals surface area contributed by atoms with Gasteiger partial charge in [0, 0.05) is 10.7 Å². The number of hydrogen-bond acceptors (Lipinski definition) is 1. The average Bonchev–Trinajstić information content (AvgIpc) is 2.41. The Morgan fingerprint density at radius 1 is 1.32 bits per heavy atom. The third-order valence-electron chi connectivity index (χ3n) is 4.03. The van der Waals surface area contributed by atoms with Crippen LogP contribution in [0.25, 0.3) is 0 Å². The van der Waals surface area contributed by atoms with Gasteiger partial charge in [-0.1, -0.05) is 18.5 Å². The Hall–Kier alpha value is -1.06. The van der Waals surface area contributed by atoms with E-state index in [1.54, 1.807) is 12.1 Å². The zero-order valence-electron chi connectivity index (χ0n) is 11.6. The van der Waals surface area contributed by atoms with Crippen molar-refractivity contribution >= 4 is 23.2 Å². The number of amides is 1. The van der Waals surface area contributed by atoms with E-state index in [-0.39, 0.29) is 11.9 Å².